The van der Waals surface area contributed by atoms with Crippen LogP contribution in [-0.4, -0.2) is 69.5 Å². The van der Waals surface area contributed by atoms with Crippen molar-refractivity contribution < 1.29 is 4.79 Å². The number of hydrogen-bond donors (Lipinski definition) is 2. The van der Waals surface area contributed by atoms with E-state index < -0.39 is 0 Å². The third-order valence-corrected chi connectivity index (χ3v) is 6.83. The predicted molar refractivity (Wildman–Crippen MR) is 145 cm³/mol. The second-order valence-corrected chi connectivity index (χ2v) is 9.35. The number of aliphatic imine (C=N–C) groups is 1. The molecule has 32 heavy (non-hydrogen) atoms. The number of rotatable bonds is 7. The van der Waals surface area contributed by atoms with Crippen LogP contribution in [0.2, 0.25) is 0 Å². The van der Waals surface area contributed by atoms with Gasteiger partial charge in [-0.25, -0.2) is 0 Å². The van der Waals surface area contributed by atoms with Gasteiger partial charge in [0, 0.05) is 50.7 Å². The molecule has 1 aliphatic rings. The molecule has 3 rings (SSSR count). The van der Waals surface area contributed by atoms with Gasteiger partial charge in [0.2, 0.25) is 0 Å². The molecule has 1 aliphatic heterocycles. The number of halogens is 1. The van der Waals surface area contributed by atoms with Crippen molar-refractivity contribution >= 4 is 47.2 Å². The van der Waals surface area contributed by atoms with Gasteiger partial charge in [-0.2, -0.15) is 0 Å². The van der Waals surface area contributed by atoms with Crippen LogP contribution in [0.15, 0.2) is 46.8 Å². The minimum absolute atomic E-state index is 0. The van der Waals surface area contributed by atoms with E-state index in [1.54, 1.807) is 19.0 Å². The van der Waals surface area contributed by atoms with E-state index in [0.29, 0.717) is 12.0 Å². The van der Waals surface area contributed by atoms with E-state index in [4.69, 9.17) is 0 Å². The lowest BCUT2D eigenvalue weighted by Crippen LogP contribution is -2.45. The van der Waals surface area contributed by atoms with Gasteiger partial charge >= 0.3 is 0 Å². The minimum Gasteiger partial charge on any atom is -0.356 e. The predicted octanol–water partition coefficient (Wildman–Crippen LogP) is 3.86. The Morgan fingerprint density at radius 1 is 1.25 bits per heavy atom. The summed E-state index contributed by atoms with van der Waals surface area (Å²) < 4.78 is 0. The molecule has 1 aromatic heterocycles. The summed E-state index contributed by atoms with van der Waals surface area (Å²) in [6, 6.07) is 12.7. The van der Waals surface area contributed by atoms with Gasteiger partial charge in [0.05, 0.1) is 0 Å². The van der Waals surface area contributed by atoms with Crippen LogP contribution >= 0.6 is 35.3 Å². The highest BCUT2D eigenvalue weighted by Crippen LogP contribution is 2.36. The first-order valence-corrected chi connectivity index (χ1v) is 11.9. The van der Waals surface area contributed by atoms with Crippen LogP contribution < -0.4 is 10.6 Å². The van der Waals surface area contributed by atoms with Gasteiger partial charge in [-0.1, -0.05) is 18.2 Å². The molecule has 1 amide bonds. The maximum atomic E-state index is 12.2. The van der Waals surface area contributed by atoms with Crippen molar-refractivity contribution in [2.75, 3.05) is 47.8 Å². The van der Waals surface area contributed by atoms with E-state index in [1.165, 1.54) is 17.7 Å². The molecule has 0 spiro atoms. The molecule has 2 unspecified atom stereocenters. The Labute approximate surface area is 213 Å². The van der Waals surface area contributed by atoms with Gasteiger partial charge in [-0.3, -0.25) is 14.7 Å². The fourth-order valence-corrected chi connectivity index (χ4v) is 5.26. The molecule has 2 heterocycles. The Bertz CT molecular complexity index is 871. The summed E-state index contributed by atoms with van der Waals surface area (Å²) in [4.78, 5) is 22.1. The molecule has 2 atom stereocenters. The molecule has 2 N–H and O–H groups in total. The number of hydrogen-bond acceptors (Lipinski definition) is 4. The summed E-state index contributed by atoms with van der Waals surface area (Å²) >= 11 is 1.85. The number of guanidine groups is 1. The Morgan fingerprint density at radius 2 is 2.06 bits per heavy atom. The van der Waals surface area contributed by atoms with Crippen LogP contribution in [0.5, 0.6) is 0 Å². The van der Waals surface area contributed by atoms with E-state index in [1.807, 2.05) is 36.6 Å². The topological polar surface area (TPSA) is 60.0 Å². The average molecular weight is 570 g/mol. The number of piperidine rings is 1. The Kier molecular flexibility index (Phi) is 10.9. The van der Waals surface area contributed by atoms with Crippen molar-refractivity contribution in [3.8, 4) is 0 Å². The maximum Gasteiger partial charge on any atom is 0.253 e. The van der Waals surface area contributed by atoms with Crippen LogP contribution in [0.25, 0.3) is 0 Å². The number of nitrogens with zero attached hydrogens (tertiary/aromatic N) is 3. The molecule has 6 nitrogen and oxygen atoms in total. The molecule has 2 aromatic rings. The number of benzene rings is 1. The lowest BCUT2D eigenvalue weighted by molar-refractivity contribution is 0.0827. The van der Waals surface area contributed by atoms with E-state index >= 15 is 0 Å². The van der Waals surface area contributed by atoms with Gasteiger partial charge < -0.3 is 15.5 Å². The number of amides is 1. The van der Waals surface area contributed by atoms with E-state index in [2.05, 4.69) is 51.2 Å². The summed E-state index contributed by atoms with van der Waals surface area (Å²) in [6.07, 6.45) is 3.29. The number of carbonyl (C=O) groups is 1. The Balaban J connectivity index is 0.00000363. The summed E-state index contributed by atoms with van der Waals surface area (Å²) in [5.74, 6) is 1.42. The first-order valence-electron chi connectivity index (χ1n) is 11.0. The second-order valence-electron chi connectivity index (χ2n) is 8.37. The van der Waals surface area contributed by atoms with Gasteiger partial charge in [-0.05, 0) is 67.9 Å². The highest BCUT2D eigenvalue weighted by atomic mass is 127. The van der Waals surface area contributed by atoms with Crippen molar-refractivity contribution in [1.29, 1.82) is 0 Å². The molecule has 0 bridgehead atoms. The van der Waals surface area contributed by atoms with Crippen LogP contribution in [0, 0.1) is 5.92 Å². The molecule has 0 aliphatic carbocycles. The summed E-state index contributed by atoms with van der Waals surface area (Å²) in [5, 5.41) is 9.13. The molecule has 176 valence electrons. The van der Waals surface area contributed by atoms with Crippen molar-refractivity contribution in [2.24, 2.45) is 10.9 Å². The zero-order valence-electron chi connectivity index (χ0n) is 19.5. The fourth-order valence-electron chi connectivity index (χ4n) is 4.27. The Hall–Kier alpha value is -1.65. The van der Waals surface area contributed by atoms with Gasteiger partial charge in [0.1, 0.15) is 0 Å². The fraction of sp³-hybridized carbons (Fsp3) is 0.500. The summed E-state index contributed by atoms with van der Waals surface area (Å²) in [6.45, 7) is 2.82. The third kappa shape index (κ3) is 7.18. The van der Waals surface area contributed by atoms with Crippen molar-refractivity contribution in [3.05, 3.63) is 57.8 Å². The monoisotopic (exact) mass is 569 g/mol. The number of carbonyl (C=O) groups excluding carboxylic acids is 1. The van der Waals surface area contributed by atoms with Crippen LogP contribution in [0.1, 0.15) is 39.7 Å². The van der Waals surface area contributed by atoms with E-state index in [0.717, 1.165) is 43.1 Å². The van der Waals surface area contributed by atoms with Crippen molar-refractivity contribution in [3.63, 3.8) is 0 Å². The number of thiophene rings is 1. The smallest absolute Gasteiger partial charge is 0.253 e. The average Bonchev–Trinajstić information content (AvgIpc) is 3.30. The molecular weight excluding hydrogens is 533 g/mol. The number of likely N-dealkylation sites (tertiary alicyclic amines) is 1. The van der Waals surface area contributed by atoms with Crippen LogP contribution in [0.4, 0.5) is 0 Å². The van der Waals surface area contributed by atoms with Crippen LogP contribution in [0.3, 0.4) is 0 Å². The van der Waals surface area contributed by atoms with Crippen molar-refractivity contribution in [1.82, 2.24) is 20.4 Å². The normalized spacial score (nSPS) is 19.2. The molecule has 1 fully saturated rings. The zero-order valence-corrected chi connectivity index (χ0v) is 22.7. The molecule has 1 saturated heterocycles. The Morgan fingerprint density at radius 3 is 2.75 bits per heavy atom. The minimum atomic E-state index is 0. The van der Waals surface area contributed by atoms with Gasteiger partial charge in [0.15, 0.2) is 5.96 Å². The molecule has 1 aromatic carbocycles. The maximum absolute atomic E-state index is 12.2. The molecule has 0 radical (unpaired) electrons. The van der Waals surface area contributed by atoms with Crippen molar-refractivity contribution in [2.45, 2.75) is 25.3 Å². The molecular formula is C24H36IN5OS. The SMILES string of the molecule is CN=C(NCCc1cccc(C(=O)N(C)C)c1)NCC1CCCN(C)C1c1cccs1.I. The lowest BCUT2D eigenvalue weighted by atomic mass is 9.88. The molecule has 0 saturated carbocycles. The summed E-state index contributed by atoms with van der Waals surface area (Å²) in [5.41, 5.74) is 1.87. The van der Waals surface area contributed by atoms with E-state index in [-0.39, 0.29) is 29.9 Å². The van der Waals surface area contributed by atoms with Gasteiger partial charge in [-0.15, -0.1) is 35.3 Å². The first kappa shape index (κ1) is 26.6. The standard InChI is InChI=1S/C24H35N5OS.HI/c1-25-24(26-13-12-18-8-5-9-19(16-18)23(30)28(2)3)27-17-20-10-6-14-29(4)22(20)21-11-7-15-31-21;/h5,7-9,11,15-16,20,22H,6,10,12-14,17H2,1-4H3,(H2,25,26,27);1H. The first-order chi connectivity index (χ1) is 15.0. The largest absolute Gasteiger partial charge is 0.356 e. The highest BCUT2D eigenvalue weighted by molar-refractivity contribution is 14.0. The quantitative estimate of drug-likeness (QED) is 0.302. The second kappa shape index (κ2) is 13.2. The highest BCUT2D eigenvalue weighted by Gasteiger charge is 2.31. The van der Waals surface area contributed by atoms with E-state index in [9.17, 15) is 4.79 Å². The van der Waals surface area contributed by atoms with Gasteiger partial charge in [0.25, 0.3) is 5.91 Å². The molecule has 8 heteroatoms. The third-order valence-electron chi connectivity index (χ3n) is 5.88. The zero-order chi connectivity index (χ0) is 22.2. The summed E-state index contributed by atoms with van der Waals surface area (Å²) in [7, 11) is 7.60. The number of nitrogens with one attached hydrogen (secondary N) is 2. The lowest BCUT2D eigenvalue weighted by Gasteiger charge is -2.39. The van der Waals surface area contributed by atoms with Crippen LogP contribution in [-0.2, 0) is 6.42 Å².